The number of hydrogen-bond donors (Lipinski definition) is 1. The zero-order valence-electron chi connectivity index (χ0n) is 11.1. The van der Waals surface area contributed by atoms with Gasteiger partial charge in [-0.1, -0.05) is 12.8 Å². The molecule has 20 heavy (non-hydrogen) atoms. The zero-order chi connectivity index (χ0) is 14.5. The highest BCUT2D eigenvalue weighted by molar-refractivity contribution is 14.1. The van der Waals surface area contributed by atoms with Crippen LogP contribution in [-0.4, -0.2) is 29.6 Å². The summed E-state index contributed by atoms with van der Waals surface area (Å²) in [4.78, 5) is 8.78. The topological polar surface area (TPSA) is 61.0 Å². The van der Waals surface area contributed by atoms with E-state index in [2.05, 4.69) is 32.6 Å². The fourth-order valence-electron chi connectivity index (χ4n) is 2.45. The Kier molecular flexibility index (Phi) is 5.88. The summed E-state index contributed by atoms with van der Waals surface area (Å²) in [5.74, 6) is 1.51. The van der Waals surface area contributed by atoms with Gasteiger partial charge in [0.25, 0.3) is 6.43 Å². The van der Waals surface area contributed by atoms with Gasteiger partial charge in [-0.15, -0.1) is 0 Å². The molecule has 0 bridgehead atoms. The van der Waals surface area contributed by atoms with Gasteiger partial charge >= 0.3 is 0 Å². The van der Waals surface area contributed by atoms with Crippen LogP contribution in [0.4, 0.5) is 14.6 Å². The van der Waals surface area contributed by atoms with E-state index >= 15 is 0 Å². The lowest BCUT2D eigenvalue weighted by molar-refractivity contribution is 0.0182. The average Bonchev–Trinajstić information content (AvgIpc) is 2.92. The van der Waals surface area contributed by atoms with E-state index < -0.39 is 13.0 Å². The predicted molar refractivity (Wildman–Crippen MR) is 80.9 cm³/mol. The Morgan fingerprint density at radius 1 is 1.30 bits per heavy atom. The van der Waals surface area contributed by atoms with Crippen molar-refractivity contribution in [3.8, 4) is 0 Å². The minimum absolute atomic E-state index is 0.189. The minimum Gasteiger partial charge on any atom is -0.383 e. The molecule has 4 nitrogen and oxygen atoms in total. The molecule has 0 atom stereocenters. The first-order chi connectivity index (χ1) is 9.58. The Morgan fingerprint density at radius 2 is 2.00 bits per heavy atom. The van der Waals surface area contributed by atoms with Crippen LogP contribution in [0.5, 0.6) is 0 Å². The lowest BCUT2D eigenvalue weighted by Gasteiger charge is -2.14. The van der Waals surface area contributed by atoms with Crippen LogP contribution in [0.15, 0.2) is 0 Å². The SMILES string of the molecule is Nc1nc(CCOCC(F)F)nc(C2CCCC2)c1I. The second kappa shape index (κ2) is 7.44. The number of hydrogen-bond acceptors (Lipinski definition) is 4. The molecular formula is C13H18F2IN3O. The van der Waals surface area contributed by atoms with E-state index in [4.69, 9.17) is 10.5 Å². The molecule has 0 radical (unpaired) electrons. The second-order valence-electron chi connectivity index (χ2n) is 4.92. The van der Waals surface area contributed by atoms with Crippen molar-refractivity contribution in [2.24, 2.45) is 0 Å². The molecule has 2 rings (SSSR count). The first kappa shape index (κ1) is 15.8. The van der Waals surface area contributed by atoms with Crippen molar-refractivity contribution in [3.05, 3.63) is 15.1 Å². The number of rotatable bonds is 6. The first-order valence-corrected chi connectivity index (χ1v) is 7.83. The van der Waals surface area contributed by atoms with Crippen LogP contribution in [0.1, 0.15) is 43.1 Å². The third-order valence-electron chi connectivity index (χ3n) is 3.40. The number of ether oxygens (including phenoxy) is 1. The number of alkyl halides is 2. The molecule has 112 valence electrons. The smallest absolute Gasteiger partial charge is 0.261 e. The maximum absolute atomic E-state index is 12.0. The summed E-state index contributed by atoms with van der Waals surface area (Å²) in [6.07, 6.45) is 2.68. The number of halogens is 3. The van der Waals surface area contributed by atoms with E-state index in [1.54, 1.807) is 0 Å². The van der Waals surface area contributed by atoms with Gasteiger partial charge in [0.2, 0.25) is 0 Å². The number of anilines is 1. The van der Waals surface area contributed by atoms with Gasteiger partial charge in [-0.2, -0.15) is 0 Å². The Balaban J connectivity index is 2.02. The molecule has 0 aromatic carbocycles. The third-order valence-corrected chi connectivity index (χ3v) is 4.51. The summed E-state index contributed by atoms with van der Waals surface area (Å²) in [7, 11) is 0. The van der Waals surface area contributed by atoms with Gasteiger partial charge in [0.1, 0.15) is 18.2 Å². The molecule has 0 amide bonds. The predicted octanol–water partition coefficient (Wildman–Crippen LogP) is 3.15. The number of aromatic nitrogens is 2. The third kappa shape index (κ3) is 4.21. The van der Waals surface area contributed by atoms with Gasteiger partial charge in [-0.05, 0) is 35.4 Å². The molecule has 1 aromatic rings. The van der Waals surface area contributed by atoms with Crippen LogP contribution in [0.2, 0.25) is 0 Å². The molecule has 0 spiro atoms. The lowest BCUT2D eigenvalue weighted by atomic mass is 10.0. The summed E-state index contributed by atoms with van der Waals surface area (Å²) in [6.45, 7) is -0.357. The molecule has 7 heteroatoms. The van der Waals surface area contributed by atoms with E-state index in [1.807, 2.05) is 0 Å². The summed E-state index contributed by atoms with van der Waals surface area (Å²) in [6, 6.07) is 0. The minimum atomic E-state index is -2.44. The molecule has 1 aromatic heterocycles. The monoisotopic (exact) mass is 397 g/mol. The fraction of sp³-hybridized carbons (Fsp3) is 0.692. The summed E-state index contributed by atoms with van der Waals surface area (Å²) < 4.78 is 29.7. The highest BCUT2D eigenvalue weighted by atomic mass is 127. The first-order valence-electron chi connectivity index (χ1n) is 6.75. The molecule has 1 aliphatic carbocycles. The normalized spacial score (nSPS) is 16.2. The number of nitrogen functional groups attached to an aromatic ring is 1. The second-order valence-corrected chi connectivity index (χ2v) is 6.00. The van der Waals surface area contributed by atoms with Gasteiger partial charge in [0.05, 0.1) is 15.9 Å². The molecule has 0 saturated heterocycles. The number of nitrogens with two attached hydrogens (primary N) is 1. The van der Waals surface area contributed by atoms with E-state index in [9.17, 15) is 8.78 Å². The van der Waals surface area contributed by atoms with Gasteiger partial charge in [0.15, 0.2) is 0 Å². The largest absolute Gasteiger partial charge is 0.383 e. The molecule has 1 fully saturated rings. The summed E-state index contributed by atoms with van der Waals surface area (Å²) in [5, 5.41) is 0. The van der Waals surface area contributed by atoms with Crippen molar-refractivity contribution in [2.45, 2.75) is 44.4 Å². The molecule has 0 aliphatic heterocycles. The van der Waals surface area contributed by atoms with Gasteiger partial charge in [-0.3, -0.25) is 0 Å². The van der Waals surface area contributed by atoms with Crippen LogP contribution in [-0.2, 0) is 11.2 Å². The highest BCUT2D eigenvalue weighted by Gasteiger charge is 2.23. The van der Waals surface area contributed by atoms with Gasteiger partial charge < -0.3 is 10.5 Å². The maximum Gasteiger partial charge on any atom is 0.261 e. The lowest BCUT2D eigenvalue weighted by Crippen LogP contribution is -2.13. The zero-order valence-corrected chi connectivity index (χ0v) is 13.3. The van der Waals surface area contributed by atoms with E-state index in [1.165, 1.54) is 12.8 Å². The maximum atomic E-state index is 12.0. The van der Waals surface area contributed by atoms with Crippen LogP contribution in [0.25, 0.3) is 0 Å². The fourth-order valence-corrected chi connectivity index (χ4v) is 3.13. The Bertz CT molecular complexity index is 453. The molecule has 1 saturated carbocycles. The van der Waals surface area contributed by atoms with Crippen LogP contribution in [0.3, 0.4) is 0 Å². The Morgan fingerprint density at radius 3 is 2.65 bits per heavy atom. The molecule has 1 heterocycles. The van der Waals surface area contributed by atoms with Crippen LogP contribution in [0, 0.1) is 3.57 Å². The molecule has 1 aliphatic rings. The van der Waals surface area contributed by atoms with Crippen molar-refractivity contribution in [1.82, 2.24) is 9.97 Å². The van der Waals surface area contributed by atoms with E-state index in [-0.39, 0.29) is 6.61 Å². The molecule has 0 unspecified atom stereocenters. The number of nitrogens with zero attached hydrogens (tertiary/aromatic N) is 2. The molecular weight excluding hydrogens is 379 g/mol. The Hall–Kier alpha value is -0.570. The summed E-state index contributed by atoms with van der Waals surface area (Å²) in [5.41, 5.74) is 6.94. The quantitative estimate of drug-likeness (QED) is 0.592. The Labute approximate surface area is 130 Å². The molecule has 2 N–H and O–H groups in total. The van der Waals surface area contributed by atoms with Crippen molar-refractivity contribution in [2.75, 3.05) is 18.9 Å². The van der Waals surface area contributed by atoms with Crippen molar-refractivity contribution < 1.29 is 13.5 Å². The van der Waals surface area contributed by atoms with Crippen molar-refractivity contribution in [1.29, 1.82) is 0 Å². The van der Waals surface area contributed by atoms with Crippen LogP contribution >= 0.6 is 22.6 Å². The van der Waals surface area contributed by atoms with Crippen LogP contribution < -0.4 is 5.73 Å². The standard InChI is InChI=1S/C13H18F2IN3O/c14-9(15)7-20-6-5-10-18-12(8-3-1-2-4-8)11(16)13(17)19-10/h8-9H,1-7H2,(H2,17,18,19). The van der Waals surface area contributed by atoms with Crippen molar-refractivity contribution in [3.63, 3.8) is 0 Å². The van der Waals surface area contributed by atoms with E-state index in [0.29, 0.717) is 24.0 Å². The van der Waals surface area contributed by atoms with Gasteiger partial charge in [-0.25, -0.2) is 18.7 Å². The summed E-state index contributed by atoms with van der Waals surface area (Å²) >= 11 is 2.18. The highest BCUT2D eigenvalue weighted by Crippen LogP contribution is 2.36. The average molecular weight is 397 g/mol. The van der Waals surface area contributed by atoms with E-state index in [0.717, 1.165) is 22.1 Å². The van der Waals surface area contributed by atoms with Gasteiger partial charge in [0, 0.05) is 12.3 Å². The van der Waals surface area contributed by atoms with Crippen molar-refractivity contribution >= 4 is 28.4 Å².